The van der Waals surface area contributed by atoms with Crippen molar-refractivity contribution in [2.24, 2.45) is 0 Å². The van der Waals surface area contributed by atoms with Gasteiger partial charge in [0.1, 0.15) is 0 Å². The number of amides is 1. The Morgan fingerprint density at radius 1 is 0.966 bits per heavy atom. The molecule has 29 heavy (non-hydrogen) atoms. The summed E-state index contributed by atoms with van der Waals surface area (Å²) in [6.45, 7) is 2.93. The van der Waals surface area contributed by atoms with Gasteiger partial charge in [-0.3, -0.25) is 4.79 Å². The summed E-state index contributed by atoms with van der Waals surface area (Å²) in [5.41, 5.74) is 3.44. The first-order chi connectivity index (χ1) is 14.2. The molecule has 2 heterocycles. The summed E-state index contributed by atoms with van der Waals surface area (Å²) in [6, 6.07) is 21.7. The summed E-state index contributed by atoms with van der Waals surface area (Å²) < 4.78 is 0. The Hall–Kier alpha value is -3.41. The Balaban J connectivity index is 1.36. The average molecular weight is 387 g/mol. The van der Waals surface area contributed by atoms with E-state index < -0.39 is 0 Å². The number of benzene rings is 2. The topological polar surface area (TPSA) is 61.4 Å². The fraction of sp³-hybridized carbons (Fsp3) is 0.261. The third-order valence-corrected chi connectivity index (χ3v) is 5.13. The second kappa shape index (κ2) is 8.73. The van der Waals surface area contributed by atoms with E-state index in [-0.39, 0.29) is 5.91 Å². The molecule has 1 aliphatic heterocycles. The molecule has 6 nitrogen and oxygen atoms in total. The molecule has 4 rings (SSSR count). The van der Waals surface area contributed by atoms with Gasteiger partial charge in [-0.05, 0) is 54.8 Å². The van der Waals surface area contributed by atoms with Gasteiger partial charge in [-0.15, -0.1) is 10.2 Å². The molecular formula is C23H25N5O. The predicted molar refractivity (Wildman–Crippen MR) is 116 cm³/mol. The van der Waals surface area contributed by atoms with Gasteiger partial charge in [0.05, 0.1) is 0 Å². The number of nitrogens with one attached hydrogen (secondary N) is 1. The van der Waals surface area contributed by atoms with Crippen LogP contribution in [-0.4, -0.2) is 36.2 Å². The second-order valence-corrected chi connectivity index (χ2v) is 7.31. The smallest absolute Gasteiger partial charge is 0.276 e. The summed E-state index contributed by atoms with van der Waals surface area (Å²) in [5.74, 6) is 0.462. The monoisotopic (exact) mass is 387 g/mol. The van der Waals surface area contributed by atoms with Crippen LogP contribution in [0.4, 0.5) is 17.2 Å². The summed E-state index contributed by atoms with van der Waals surface area (Å²) in [6.07, 6.45) is 2.49. The molecule has 2 aromatic carbocycles. The Labute approximate surface area is 171 Å². The molecule has 0 bridgehead atoms. The second-order valence-electron chi connectivity index (χ2n) is 7.31. The molecule has 1 aromatic heterocycles. The molecule has 148 valence electrons. The minimum atomic E-state index is -0.260. The maximum Gasteiger partial charge on any atom is 0.276 e. The highest BCUT2D eigenvalue weighted by molar-refractivity contribution is 6.02. The van der Waals surface area contributed by atoms with Crippen LogP contribution in [0.2, 0.25) is 0 Å². The van der Waals surface area contributed by atoms with Gasteiger partial charge < -0.3 is 15.1 Å². The SMILES string of the molecule is CN(Cc1ccccc1)c1ccc(C(=O)Nc2ccc(N3CCCC3)cc2)nn1. The third kappa shape index (κ3) is 4.71. The average Bonchev–Trinajstić information content (AvgIpc) is 3.30. The highest BCUT2D eigenvalue weighted by atomic mass is 16.1. The molecule has 1 N–H and O–H groups in total. The van der Waals surface area contributed by atoms with Crippen LogP contribution in [0.25, 0.3) is 0 Å². The summed E-state index contributed by atoms with van der Waals surface area (Å²) in [5, 5.41) is 11.2. The van der Waals surface area contributed by atoms with Gasteiger partial charge in [-0.25, -0.2) is 0 Å². The van der Waals surface area contributed by atoms with E-state index in [1.807, 2.05) is 60.5 Å². The van der Waals surface area contributed by atoms with E-state index in [4.69, 9.17) is 0 Å². The van der Waals surface area contributed by atoms with Gasteiger partial charge in [0, 0.05) is 38.1 Å². The van der Waals surface area contributed by atoms with Crippen molar-refractivity contribution in [3.63, 3.8) is 0 Å². The Kier molecular flexibility index (Phi) is 5.70. The molecule has 1 amide bonds. The first kappa shape index (κ1) is 18.9. The molecular weight excluding hydrogens is 362 g/mol. The van der Waals surface area contributed by atoms with E-state index in [1.54, 1.807) is 6.07 Å². The quantitative estimate of drug-likeness (QED) is 0.694. The summed E-state index contributed by atoms with van der Waals surface area (Å²) in [7, 11) is 1.96. The normalized spacial score (nSPS) is 13.3. The van der Waals surface area contributed by atoms with Crippen molar-refractivity contribution >= 4 is 23.1 Å². The predicted octanol–water partition coefficient (Wildman–Crippen LogP) is 3.97. The number of carbonyl (C=O) groups excluding carboxylic acids is 1. The zero-order valence-corrected chi connectivity index (χ0v) is 16.6. The first-order valence-corrected chi connectivity index (χ1v) is 9.94. The van der Waals surface area contributed by atoms with Crippen molar-refractivity contribution in [3.05, 3.63) is 78.0 Å². The lowest BCUT2D eigenvalue weighted by molar-refractivity contribution is 0.102. The number of anilines is 3. The maximum atomic E-state index is 12.5. The van der Waals surface area contributed by atoms with Crippen LogP contribution < -0.4 is 15.1 Å². The minimum Gasteiger partial charge on any atom is -0.372 e. The Morgan fingerprint density at radius 2 is 1.69 bits per heavy atom. The molecule has 0 radical (unpaired) electrons. The molecule has 1 saturated heterocycles. The number of carbonyl (C=O) groups is 1. The van der Waals surface area contributed by atoms with E-state index in [0.717, 1.165) is 31.1 Å². The standard InChI is InChI=1S/C23H25N5O/c1-27(17-18-7-3-2-4-8-18)22-14-13-21(25-26-22)23(29)24-19-9-11-20(12-10-19)28-15-5-6-16-28/h2-4,7-14H,5-6,15-17H2,1H3,(H,24,29). The van der Waals surface area contributed by atoms with Crippen LogP contribution in [0.15, 0.2) is 66.7 Å². The van der Waals surface area contributed by atoms with Crippen molar-refractivity contribution < 1.29 is 4.79 Å². The van der Waals surface area contributed by atoms with E-state index in [9.17, 15) is 4.79 Å². The van der Waals surface area contributed by atoms with Gasteiger partial charge in [0.25, 0.3) is 5.91 Å². The van der Waals surface area contributed by atoms with Crippen molar-refractivity contribution in [3.8, 4) is 0 Å². The van der Waals surface area contributed by atoms with Crippen LogP contribution in [0.5, 0.6) is 0 Å². The van der Waals surface area contributed by atoms with Crippen molar-refractivity contribution in [1.29, 1.82) is 0 Å². The lowest BCUT2D eigenvalue weighted by Crippen LogP contribution is -2.20. The lowest BCUT2D eigenvalue weighted by Gasteiger charge is -2.18. The van der Waals surface area contributed by atoms with Crippen molar-refractivity contribution in [2.75, 3.05) is 35.3 Å². The van der Waals surface area contributed by atoms with E-state index >= 15 is 0 Å². The number of hydrogen-bond acceptors (Lipinski definition) is 5. The van der Waals surface area contributed by atoms with Crippen molar-refractivity contribution in [1.82, 2.24) is 10.2 Å². The molecule has 3 aromatic rings. The Morgan fingerprint density at radius 3 is 2.34 bits per heavy atom. The van der Waals surface area contributed by atoms with Crippen LogP contribution in [0.3, 0.4) is 0 Å². The number of nitrogens with zero attached hydrogens (tertiary/aromatic N) is 4. The Bertz CT molecular complexity index is 935. The molecule has 0 atom stereocenters. The fourth-order valence-corrected chi connectivity index (χ4v) is 3.51. The van der Waals surface area contributed by atoms with E-state index in [2.05, 4.69) is 32.5 Å². The third-order valence-electron chi connectivity index (χ3n) is 5.13. The molecule has 1 fully saturated rings. The zero-order valence-electron chi connectivity index (χ0n) is 16.6. The van der Waals surface area contributed by atoms with Gasteiger partial charge in [0.2, 0.25) is 0 Å². The molecule has 0 unspecified atom stereocenters. The molecule has 0 spiro atoms. The molecule has 0 aliphatic carbocycles. The molecule has 6 heteroatoms. The highest BCUT2D eigenvalue weighted by Gasteiger charge is 2.13. The largest absolute Gasteiger partial charge is 0.372 e. The minimum absolute atomic E-state index is 0.260. The fourth-order valence-electron chi connectivity index (χ4n) is 3.51. The molecule has 0 saturated carbocycles. The number of aromatic nitrogens is 2. The van der Waals surface area contributed by atoms with Crippen molar-refractivity contribution in [2.45, 2.75) is 19.4 Å². The highest BCUT2D eigenvalue weighted by Crippen LogP contribution is 2.22. The van der Waals surface area contributed by atoms with Crippen LogP contribution in [0, 0.1) is 0 Å². The first-order valence-electron chi connectivity index (χ1n) is 9.94. The van der Waals surface area contributed by atoms with Crippen LogP contribution in [0.1, 0.15) is 28.9 Å². The number of rotatable bonds is 6. The van der Waals surface area contributed by atoms with E-state index in [0.29, 0.717) is 5.69 Å². The summed E-state index contributed by atoms with van der Waals surface area (Å²) >= 11 is 0. The van der Waals surface area contributed by atoms with Gasteiger partial charge >= 0.3 is 0 Å². The van der Waals surface area contributed by atoms with E-state index in [1.165, 1.54) is 24.1 Å². The van der Waals surface area contributed by atoms with Crippen LogP contribution in [-0.2, 0) is 6.54 Å². The van der Waals surface area contributed by atoms with Gasteiger partial charge in [-0.2, -0.15) is 0 Å². The van der Waals surface area contributed by atoms with Gasteiger partial charge in [-0.1, -0.05) is 30.3 Å². The maximum absolute atomic E-state index is 12.5. The number of hydrogen-bond donors (Lipinski definition) is 1. The van der Waals surface area contributed by atoms with Crippen LogP contribution >= 0.6 is 0 Å². The lowest BCUT2D eigenvalue weighted by atomic mass is 10.2. The summed E-state index contributed by atoms with van der Waals surface area (Å²) in [4.78, 5) is 16.9. The van der Waals surface area contributed by atoms with Gasteiger partial charge in [0.15, 0.2) is 11.5 Å². The zero-order chi connectivity index (χ0) is 20.1. The molecule has 1 aliphatic rings.